The third kappa shape index (κ3) is 4.58. The van der Waals surface area contributed by atoms with Gasteiger partial charge in [0.1, 0.15) is 0 Å². The van der Waals surface area contributed by atoms with Gasteiger partial charge in [-0.25, -0.2) is 4.79 Å². The summed E-state index contributed by atoms with van der Waals surface area (Å²) in [7, 11) is 0. The van der Waals surface area contributed by atoms with E-state index in [-0.39, 0.29) is 11.9 Å². The lowest BCUT2D eigenvalue weighted by molar-refractivity contribution is -0.151. The first-order valence-electron chi connectivity index (χ1n) is 7.14. The number of urea groups is 1. The van der Waals surface area contributed by atoms with Crippen molar-refractivity contribution in [2.45, 2.75) is 33.1 Å². The van der Waals surface area contributed by atoms with Crippen molar-refractivity contribution >= 4 is 23.8 Å². The van der Waals surface area contributed by atoms with Crippen LogP contribution in [-0.2, 0) is 4.79 Å². The van der Waals surface area contributed by atoms with Crippen molar-refractivity contribution in [3.05, 3.63) is 0 Å². The van der Waals surface area contributed by atoms with Crippen LogP contribution in [-0.4, -0.2) is 53.6 Å². The molecule has 1 aliphatic heterocycles. The second kappa shape index (κ2) is 7.76. The number of piperidine rings is 1. The monoisotopic (exact) mass is 302 g/mol. The molecule has 0 aromatic carbocycles. The van der Waals surface area contributed by atoms with Crippen LogP contribution in [0.2, 0.25) is 0 Å². The van der Waals surface area contributed by atoms with Crippen molar-refractivity contribution in [3.8, 4) is 0 Å². The molecule has 1 aliphatic rings. The first-order valence-corrected chi connectivity index (χ1v) is 8.54. The van der Waals surface area contributed by atoms with E-state index in [1.807, 2.05) is 6.26 Å². The first-order chi connectivity index (χ1) is 9.39. The van der Waals surface area contributed by atoms with Crippen molar-refractivity contribution in [1.29, 1.82) is 0 Å². The summed E-state index contributed by atoms with van der Waals surface area (Å²) >= 11 is 1.77. The lowest BCUT2D eigenvalue weighted by Crippen LogP contribution is -2.50. The Bertz CT molecular complexity index is 347. The third-order valence-corrected chi connectivity index (χ3v) is 4.78. The predicted octanol–water partition coefficient (Wildman–Crippen LogP) is 2.27. The molecule has 0 aliphatic carbocycles. The Hall–Kier alpha value is -0.910. The summed E-state index contributed by atoms with van der Waals surface area (Å²) in [6.45, 7) is 5.44. The Morgan fingerprint density at radius 1 is 1.45 bits per heavy atom. The zero-order chi connectivity index (χ0) is 15.2. The van der Waals surface area contributed by atoms with E-state index in [2.05, 4.69) is 5.32 Å². The van der Waals surface area contributed by atoms with E-state index in [0.717, 1.165) is 31.6 Å². The van der Waals surface area contributed by atoms with E-state index < -0.39 is 11.4 Å². The van der Waals surface area contributed by atoms with Gasteiger partial charge < -0.3 is 15.3 Å². The topological polar surface area (TPSA) is 69.6 Å². The zero-order valence-electron chi connectivity index (χ0n) is 12.6. The van der Waals surface area contributed by atoms with Gasteiger partial charge in [0.2, 0.25) is 0 Å². The Balaban J connectivity index is 2.48. The van der Waals surface area contributed by atoms with Gasteiger partial charge in [0.25, 0.3) is 0 Å². The van der Waals surface area contributed by atoms with Gasteiger partial charge in [-0.1, -0.05) is 0 Å². The largest absolute Gasteiger partial charge is 0.481 e. The summed E-state index contributed by atoms with van der Waals surface area (Å²) in [5.74, 6) is 0.269. The second-order valence-corrected chi connectivity index (χ2v) is 6.88. The molecule has 116 valence electrons. The summed E-state index contributed by atoms with van der Waals surface area (Å²) in [5.41, 5.74) is -0.780. The number of hydrogen-bond donors (Lipinski definition) is 2. The van der Waals surface area contributed by atoms with Gasteiger partial charge in [0.05, 0.1) is 5.41 Å². The molecule has 1 unspecified atom stereocenters. The van der Waals surface area contributed by atoms with Crippen LogP contribution < -0.4 is 5.32 Å². The van der Waals surface area contributed by atoms with Gasteiger partial charge in [0.15, 0.2) is 0 Å². The van der Waals surface area contributed by atoms with Crippen LogP contribution in [0, 0.1) is 11.3 Å². The lowest BCUT2D eigenvalue weighted by Gasteiger charge is -2.39. The first kappa shape index (κ1) is 17.1. The van der Waals surface area contributed by atoms with Gasteiger partial charge in [-0.2, -0.15) is 11.8 Å². The molecule has 0 spiro atoms. The maximum atomic E-state index is 12.1. The van der Waals surface area contributed by atoms with Crippen LogP contribution in [0.1, 0.15) is 33.1 Å². The molecular weight excluding hydrogens is 276 g/mol. The molecule has 2 amide bonds. The number of rotatable bonds is 6. The van der Waals surface area contributed by atoms with Gasteiger partial charge in [0, 0.05) is 19.6 Å². The number of carbonyl (C=O) groups is 2. The molecule has 1 atom stereocenters. The predicted molar refractivity (Wildman–Crippen MR) is 82.1 cm³/mol. The van der Waals surface area contributed by atoms with Crippen molar-refractivity contribution in [2.24, 2.45) is 11.3 Å². The summed E-state index contributed by atoms with van der Waals surface area (Å²) in [6, 6.07) is -0.0583. The quantitative estimate of drug-likeness (QED) is 0.739. The molecule has 20 heavy (non-hydrogen) atoms. The fraction of sp³-hybridized carbons (Fsp3) is 0.857. The van der Waals surface area contributed by atoms with Gasteiger partial charge >= 0.3 is 12.0 Å². The van der Waals surface area contributed by atoms with Gasteiger partial charge in [-0.15, -0.1) is 0 Å². The van der Waals surface area contributed by atoms with Gasteiger partial charge in [-0.05, 0) is 51.0 Å². The number of carboxylic acids is 1. The number of thioether (sulfide) groups is 1. The molecule has 6 heteroatoms. The number of likely N-dealkylation sites (tertiary alicyclic amines) is 1. The number of amides is 2. The molecule has 1 fully saturated rings. The van der Waals surface area contributed by atoms with E-state index >= 15 is 0 Å². The number of carbonyl (C=O) groups excluding carboxylic acids is 1. The fourth-order valence-corrected chi connectivity index (χ4v) is 2.88. The minimum Gasteiger partial charge on any atom is -0.481 e. The van der Waals surface area contributed by atoms with Crippen LogP contribution in [0.25, 0.3) is 0 Å². The maximum Gasteiger partial charge on any atom is 0.317 e. The standard InChI is InChI=1S/C14H26N2O3S/c1-14(2,12(17)18)11-6-4-8-16(10-11)13(19)15-7-5-9-20-3/h11H,4-10H2,1-3H3,(H,15,19)(H,17,18). The number of carboxylic acid groups (broad SMARTS) is 1. The van der Waals surface area contributed by atoms with Crippen LogP contribution in [0.15, 0.2) is 0 Å². The van der Waals surface area contributed by atoms with E-state index in [0.29, 0.717) is 13.1 Å². The van der Waals surface area contributed by atoms with Crippen molar-refractivity contribution in [2.75, 3.05) is 31.6 Å². The number of nitrogens with one attached hydrogen (secondary N) is 1. The zero-order valence-corrected chi connectivity index (χ0v) is 13.5. The molecule has 0 aromatic rings. The Morgan fingerprint density at radius 3 is 2.75 bits per heavy atom. The third-order valence-electron chi connectivity index (χ3n) is 4.08. The Labute approximate surface area is 125 Å². The normalized spacial score (nSPS) is 19.8. The smallest absolute Gasteiger partial charge is 0.317 e. The minimum absolute atomic E-state index is 0.0192. The highest BCUT2D eigenvalue weighted by Crippen LogP contribution is 2.34. The van der Waals surface area contributed by atoms with Crippen LogP contribution in [0.3, 0.4) is 0 Å². The molecule has 0 aromatic heterocycles. The van der Waals surface area contributed by atoms with E-state index in [1.54, 1.807) is 30.5 Å². The minimum atomic E-state index is -0.787. The van der Waals surface area contributed by atoms with Crippen LogP contribution >= 0.6 is 11.8 Å². The molecule has 2 N–H and O–H groups in total. The number of nitrogens with zero attached hydrogens (tertiary/aromatic N) is 1. The molecule has 1 heterocycles. The number of hydrogen-bond acceptors (Lipinski definition) is 3. The summed E-state index contributed by atoms with van der Waals surface area (Å²) < 4.78 is 0. The molecular formula is C14H26N2O3S. The van der Waals surface area contributed by atoms with Crippen molar-refractivity contribution in [1.82, 2.24) is 10.2 Å². The Morgan fingerprint density at radius 2 is 2.15 bits per heavy atom. The maximum absolute atomic E-state index is 12.1. The fourth-order valence-electron chi connectivity index (χ4n) is 2.45. The van der Waals surface area contributed by atoms with Crippen molar-refractivity contribution < 1.29 is 14.7 Å². The SMILES string of the molecule is CSCCCNC(=O)N1CCCC(C(C)(C)C(=O)O)C1. The van der Waals surface area contributed by atoms with E-state index in [4.69, 9.17) is 0 Å². The van der Waals surface area contributed by atoms with Crippen LogP contribution in [0.5, 0.6) is 0 Å². The summed E-state index contributed by atoms with van der Waals surface area (Å²) in [4.78, 5) is 25.1. The van der Waals surface area contributed by atoms with E-state index in [9.17, 15) is 14.7 Å². The highest BCUT2D eigenvalue weighted by molar-refractivity contribution is 7.98. The molecule has 5 nitrogen and oxygen atoms in total. The second-order valence-electron chi connectivity index (χ2n) is 5.89. The van der Waals surface area contributed by atoms with E-state index in [1.165, 1.54) is 0 Å². The highest BCUT2D eigenvalue weighted by atomic mass is 32.2. The lowest BCUT2D eigenvalue weighted by atomic mass is 9.74. The molecule has 1 rings (SSSR count). The molecule has 0 bridgehead atoms. The van der Waals surface area contributed by atoms with Crippen molar-refractivity contribution in [3.63, 3.8) is 0 Å². The number of aliphatic carboxylic acids is 1. The van der Waals surface area contributed by atoms with Crippen LogP contribution in [0.4, 0.5) is 4.79 Å². The summed E-state index contributed by atoms with van der Waals surface area (Å²) in [5, 5.41) is 12.2. The molecule has 0 saturated carbocycles. The average molecular weight is 302 g/mol. The van der Waals surface area contributed by atoms with Gasteiger partial charge in [-0.3, -0.25) is 4.79 Å². The molecule has 0 radical (unpaired) electrons. The average Bonchev–Trinajstić information content (AvgIpc) is 2.43. The molecule has 1 saturated heterocycles. The highest BCUT2D eigenvalue weighted by Gasteiger charge is 2.39. The summed E-state index contributed by atoms with van der Waals surface area (Å²) in [6.07, 6.45) is 4.75. The Kier molecular flexibility index (Phi) is 6.65.